The number of amides is 1. The van der Waals surface area contributed by atoms with Crippen molar-refractivity contribution in [1.82, 2.24) is 9.88 Å². The summed E-state index contributed by atoms with van der Waals surface area (Å²) in [5.41, 5.74) is 1.66. The zero-order valence-corrected chi connectivity index (χ0v) is 13.2. The van der Waals surface area contributed by atoms with Gasteiger partial charge in [0.1, 0.15) is 5.82 Å². The van der Waals surface area contributed by atoms with Gasteiger partial charge in [-0.25, -0.2) is 4.98 Å². The lowest BCUT2D eigenvalue weighted by Crippen LogP contribution is -2.41. The van der Waals surface area contributed by atoms with E-state index in [1.165, 1.54) is 0 Å². The van der Waals surface area contributed by atoms with E-state index in [0.717, 1.165) is 56.0 Å². The predicted octanol–water partition coefficient (Wildman–Crippen LogP) is 2.33. The van der Waals surface area contributed by atoms with Crippen LogP contribution in [0, 0.1) is 0 Å². The van der Waals surface area contributed by atoms with Crippen molar-refractivity contribution in [3.8, 4) is 0 Å². The van der Waals surface area contributed by atoms with E-state index in [-0.39, 0.29) is 5.91 Å². The van der Waals surface area contributed by atoms with Gasteiger partial charge >= 0.3 is 0 Å². The topological polar surface area (TPSA) is 54.5 Å². The highest BCUT2D eigenvalue weighted by atomic mass is 16.5. The van der Waals surface area contributed by atoms with Gasteiger partial charge in [0.2, 0.25) is 0 Å². The quantitative estimate of drug-likeness (QED) is 0.904. The van der Waals surface area contributed by atoms with Crippen LogP contribution >= 0.6 is 0 Å². The molecule has 116 valence electrons. The predicted molar refractivity (Wildman–Crippen MR) is 83.7 cm³/mol. The molecule has 0 radical (unpaired) electrons. The molecule has 0 bridgehead atoms. The largest absolute Gasteiger partial charge is 0.378 e. The van der Waals surface area contributed by atoms with Crippen LogP contribution in [-0.2, 0) is 11.2 Å². The first kappa shape index (κ1) is 15.8. The normalized spacial score (nSPS) is 16.0. The van der Waals surface area contributed by atoms with Crippen LogP contribution in [0.2, 0.25) is 0 Å². The molecule has 0 aromatic carbocycles. The summed E-state index contributed by atoms with van der Waals surface area (Å²) in [6.45, 7) is 6.34. The number of carbonyl (C=O) groups excluding carboxylic acids is 1. The summed E-state index contributed by atoms with van der Waals surface area (Å²) in [5, 5.41) is 3.02. The molecule has 0 atom stereocenters. The fourth-order valence-electron chi connectivity index (χ4n) is 2.66. The third-order valence-electron chi connectivity index (χ3n) is 3.88. The Balaban J connectivity index is 2.06. The highest BCUT2D eigenvalue weighted by Gasteiger charge is 2.24. The summed E-state index contributed by atoms with van der Waals surface area (Å²) in [4.78, 5) is 19.0. The van der Waals surface area contributed by atoms with Gasteiger partial charge in [-0.2, -0.15) is 0 Å². The van der Waals surface area contributed by atoms with Crippen LogP contribution in [-0.4, -0.2) is 48.6 Å². The van der Waals surface area contributed by atoms with Crippen molar-refractivity contribution in [3.05, 3.63) is 23.4 Å². The molecule has 1 amide bonds. The number of nitrogens with one attached hydrogen (secondary N) is 1. The van der Waals surface area contributed by atoms with Crippen LogP contribution in [0.25, 0.3) is 0 Å². The third-order valence-corrected chi connectivity index (χ3v) is 3.88. The van der Waals surface area contributed by atoms with Gasteiger partial charge in [0.25, 0.3) is 5.91 Å². The molecule has 0 saturated carbocycles. The zero-order chi connectivity index (χ0) is 15.2. The molecular weight excluding hydrogens is 266 g/mol. The van der Waals surface area contributed by atoms with E-state index >= 15 is 0 Å². The summed E-state index contributed by atoms with van der Waals surface area (Å²) >= 11 is 0. The molecule has 1 aromatic heterocycles. The van der Waals surface area contributed by atoms with Crippen molar-refractivity contribution < 1.29 is 9.53 Å². The zero-order valence-electron chi connectivity index (χ0n) is 13.2. The average Bonchev–Trinajstić information content (AvgIpc) is 2.54. The van der Waals surface area contributed by atoms with E-state index in [2.05, 4.69) is 10.3 Å². The van der Waals surface area contributed by atoms with Gasteiger partial charge in [0.05, 0.1) is 6.10 Å². The molecule has 5 nitrogen and oxygen atoms in total. The van der Waals surface area contributed by atoms with Crippen molar-refractivity contribution in [2.24, 2.45) is 0 Å². The maximum absolute atomic E-state index is 12.6. The Kier molecular flexibility index (Phi) is 5.56. The molecule has 1 aliphatic heterocycles. The Bertz CT molecular complexity index is 460. The van der Waals surface area contributed by atoms with E-state index in [1.807, 2.05) is 37.9 Å². The summed E-state index contributed by atoms with van der Waals surface area (Å²) in [6, 6.07) is 3.73. The van der Waals surface area contributed by atoms with Crippen LogP contribution in [0.15, 0.2) is 12.1 Å². The molecule has 21 heavy (non-hydrogen) atoms. The number of pyridine rings is 1. The molecule has 2 heterocycles. The van der Waals surface area contributed by atoms with Crippen LogP contribution in [0.1, 0.15) is 42.7 Å². The van der Waals surface area contributed by atoms with Gasteiger partial charge in [0, 0.05) is 38.0 Å². The van der Waals surface area contributed by atoms with Crippen molar-refractivity contribution in [3.63, 3.8) is 0 Å². The Hall–Kier alpha value is -1.62. The second kappa shape index (κ2) is 7.41. The molecule has 1 fully saturated rings. The van der Waals surface area contributed by atoms with Crippen molar-refractivity contribution in [2.45, 2.75) is 39.2 Å². The lowest BCUT2D eigenvalue weighted by molar-refractivity contribution is 0.0146. The highest BCUT2D eigenvalue weighted by molar-refractivity contribution is 5.95. The van der Waals surface area contributed by atoms with Crippen molar-refractivity contribution in [2.75, 3.05) is 32.1 Å². The van der Waals surface area contributed by atoms with E-state index in [4.69, 9.17) is 4.74 Å². The SMILES string of the molecule is CCOC1CCN(C(=O)c2cc(CC)nc(NC)c2)CC1. The number of hydrogen-bond donors (Lipinski definition) is 1. The molecular formula is C16H25N3O2. The Morgan fingerprint density at radius 1 is 1.38 bits per heavy atom. The first-order chi connectivity index (χ1) is 10.2. The molecule has 0 aliphatic carbocycles. The number of nitrogens with zero attached hydrogens (tertiary/aromatic N) is 2. The van der Waals surface area contributed by atoms with Gasteiger partial charge in [-0.15, -0.1) is 0 Å². The molecule has 0 unspecified atom stereocenters. The second-order valence-corrected chi connectivity index (χ2v) is 5.28. The number of rotatable bonds is 5. The Labute approximate surface area is 126 Å². The fourth-order valence-corrected chi connectivity index (χ4v) is 2.66. The van der Waals surface area contributed by atoms with Gasteiger partial charge < -0.3 is 15.0 Å². The first-order valence-corrected chi connectivity index (χ1v) is 7.77. The second-order valence-electron chi connectivity index (χ2n) is 5.28. The third kappa shape index (κ3) is 3.94. The number of hydrogen-bond acceptors (Lipinski definition) is 4. The minimum atomic E-state index is 0.0959. The van der Waals surface area contributed by atoms with Gasteiger partial charge in [-0.05, 0) is 38.3 Å². The minimum Gasteiger partial charge on any atom is -0.378 e. The van der Waals surface area contributed by atoms with Gasteiger partial charge in [0.15, 0.2) is 0 Å². The lowest BCUT2D eigenvalue weighted by atomic mass is 10.1. The van der Waals surface area contributed by atoms with Crippen LogP contribution in [0.3, 0.4) is 0 Å². The summed E-state index contributed by atoms with van der Waals surface area (Å²) in [7, 11) is 1.82. The number of piperidine rings is 1. The fraction of sp³-hybridized carbons (Fsp3) is 0.625. The number of aromatic nitrogens is 1. The molecule has 1 aromatic rings. The van der Waals surface area contributed by atoms with E-state index in [0.29, 0.717) is 6.10 Å². The summed E-state index contributed by atoms with van der Waals surface area (Å²) < 4.78 is 5.63. The number of likely N-dealkylation sites (tertiary alicyclic amines) is 1. The lowest BCUT2D eigenvalue weighted by Gasteiger charge is -2.32. The maximum atomic E-state index is 12.6. The molecule has 2 rings (SSSR count). The minimum absolute atomic E-state index is 0.0959. The number of carbonyl (C=O) groups is 1. The molecule has 5 heteroatoms. The van der Waals surface area contributed by atoms with Crippen LogP contribution in [0.5, 0.6) is 0 Å². The number of anilines is 1. The first-order valence-electron chi connectivity index (χ1n) is 7.77. The number of ether oxygens (including phenoxy) is 1. The maximum Gasteiger partial charge on any atom is 0.254 e. The van der Waals surface area contributed by atoms with Crippen molar-refractivity contribution >= 4 is 11.7 Å². The highest BCUT2D eigenvalue weighted by Crippen LogP contribution is 2.18. The summed E-state index contributed by atoms with van der Waals surface area (Å²) in [5.74, 6) is 0.848. The molecule has 1 N–H and O–H groups in total. The molecule has 1 aliphatic rings. The Morgan fingerprint density at radius 2 is 2.10 bits per heavy atom. The monoisotopic (exact) mass is 291 g/mol. The standard InChI is InChI=1S/C16H25N3O2/c1-4-13-10-12(11-15(17-3)18-13)16(20)19-8-6-14(7-9-19)21-5-2/h10-11,14H,4-9H2,1-3H3,(H,17,18). The average molecular weight is 291 g/mol. The van der Waals surface area contributed by atoms with Gasteiger partial charge in [-0.1, -0.05) is 6.92 Å². The molecule has 0 spiro atoms. The van der Waals surface area contributed by atoms with E-state index in [1.54, 1.807) is 0 Å². The van der Waals surface area contributed by atoms with Crippen LogP contribution in [0.4, 0.5) is 5.82 Å². The smallest absolute Gasteiger partial charge is 0.254 e. The number of aryl methyl sites for hydroxylation is 1. The van der Waals surface area contributed by atoms with E-state index in [9.17, 15) is 4.79 Å². The van der Waals surface area contributed by atoms with Crippen molar-refractivity contribution in [1.29, 1.82) is 0 Å². The van der Waals surface area contributed by atoms with Gasteiger partial charge in [-0.3, -0.25) is 4.79 Å². The van der Waals surface area contributed by atoms with E-state index < -0.39 is 0 Å². The summed E-state index contributed by atoms with van der Waals surface area (Å²) in [6.07, 6.45) is 2.96. The Morgan fingerprint density at radius 3 is 2.67 bits per heavy atom. The van der Waals surface area contributed by atoms with Crippen LogP contribution < -0.4 is 5.32 Å². The molecule has 1 saturated heterocycles.